The molecular formula is C12H11BrN2O2. The van der Waals surface area contributed by atoms with E-state index in [1.807, 2.05) is 18.2 Å². The van der Waals surface area contributed by atoms with Crippen molar-refractivity contribution in [1.29, 1.82) is 0 Å². The number of halogens is 1. The first kappa shape index (κ1) is 11.9. The molecule has 1 aromatic carbocycles. The van der Waals surface area contributed by atoms with Crippen molar-refractivity contribution in [3.63, 3.8) is 0 Å². The topological polar surface area (TPSA) is 44.2 Å². The van der Waals surface area contributed by atoms with Gasteiger partial charge in [0.25, 0.3) is 0 Å². The van der Waals surface area contributed by atoms with Crippen molar-refractivity contribution in [1.82, 2.24) is 9.97 Å². The van der Waals surface area contributed by atoms with Gasteiger partial charge < -0.3 is 9.47 Å². The number of hydrogen-bond donors (Lipinski definition) is 0. The fraction of sp³-hybridized carbons (Fsp3) is 0.167. The van der Waals surface area contributed by atoms with Crippen LogP contribution in [0.5, 0.6) is 11.5 Å². The number of hydrogen-bond acceptors (Lipinski definition) is 4. The van der Waals surface area contributed by atoms with Gasteiger partial charge in [-0.15, -0.1) is 0 Å². The van der Waals surface area contributed by atoms with E-state index in [1.165, 1.54) is 6.33 Å². The van der Waals surface area contributed by atoms with Crippen molar-refractivity contribution in [2.75, 3.05) is 14.2 Å². The zero-order valence-corrected chi connectivity index (χ0v) is 11.1. The highest BCUT2D eigenvalue weighted by Crippen LogP contribution is 2.35. The lowest BCUT2D eigenvalue weighted by atomic mass is 10.1. The fourth-order valence-electron chi connectivity index (χ4n) is 1.52. The molecule has 0 bridgehead atoms. The van der Waals surface area contributed by atoms with E-state index in [9.17, 15) is 0 Å². The second-order valence-electron chi connectivity index (χ2n) is 3.29. The third-order valence-electron chi connectivity index (χ3n) is 2.36. The number of benzene rings is 1. The molecule has 0 saturated heterocycles. The van der Waals surface area contributed by atoms with Crippen LogP contribution < -0.4 is 9.47 Å². The zero-order chi connectivity index (χ0) is 12.3. The van der Waals surface area contributed by atoms with Crippen LogP contribution in [0.15, 0.2) is 35.3 Å². The van der Waals surface area contributed by atoms with Crippen LogP contribution in [0.2, 0.25) is 0 Å². The van der Waals surface area contributed by atoms with E-state index in [0.29, 0.717) is 0 Å². The lowest BCUT2D eigenvalue weighted by Gasteiger charge is -2.10. The van der Waals surface area contributed by atoms with Gasteiger partial charge in [-0.1, -0.05) is 0 Å². The Morgan fingerprint density at radius 1 is 1.12 bits per heavy atom. The summed E-state index contributed by atoms with van der Waals surface area (Å²) in [5.41, 5.74) is 1.80. The lowest BCUT2D eigenvalue weighted by Crippen LogP contribution is -1.92. The van der Waals surface area contributed by atoms with Gasteiger partial charge in [-0.2, -0.15) is 0 Å². The van der Waals surface area contributed by atoms with Crippen molar-refractivity contribution >= 4 is 15.9 Å². The molecule has 4 nitrogen and oxygen atoms in total. The summed E-state index contributed by atoms with van der Waals surface area (Å²) in [6.45, 7) is 0. The van der Waals surface area contributed by atoms with Crippen molar-refractivity contribution in [2.45, 2.75) is 0 Å². The molecule has 0 atom stereocenters. The smallest absolute Gasteiger partial charge is 0.130 e. The summed E-state index contributed by atoms with van der Waals surface area (Å²) in [5, 5.41) is 0. The summed E-state index contributed by atoms with van der Waals surface area (Å²) in [5.74, 6) is 1.47. The Bertz CT molecular complexity index is 532. The van der Waals surface area contributed by atoms with Crippen LogP contribution in [0.3, 0.4) is 0 Å². The maximum absolute atomic E-state index is 5.34. The van der Waals surface area contributed by atoms with E-state index in [0.717, 1.165) is 27.2 Å². The van der Waals surface area contributed by atoms with Crippen molar-refractivity contribution in [3.8, 4) is 22.6 Å². The standard InChI is InChI=1S/C12H11BrN2O2/c1-16-8-3-4-9(11(5-8)17-2)10-6-14-7-15-12(10)13/h3-7H,1-2H3. The van der Waals surface area contributed by atoms with E-state index in [-0.39, 0.29) is 0 Å². The van der Waals surface area contributed by atoms with Crippen molar-refractivity contribution in [2.24, 2.45) is 0 Å². The van der Waals surface area contributed by atoms with Gasteiger partial charge in [-0.25, -0.2) is 9.97 Å². The molecule has 2 aromatic rings. The normalized spacial score (nSPS) is 10.1. The number of ether oxygens (including phenoxy) is 2. The van der Waals surface area contributed by atoms with Crippen LogP contribution in [0.1, 0.15) is 0 Å². The summed E-state index contributed by atoms with van der Waals surface area (Å²) >= 11 is 3.39. The molecule has 0 N–H and O–H groups in total. The van der Waals surface area contributed by atoms with E-state index >= 15 is 0 Å². The van der Waals surface area contributed by atoms with Crippen LogP contribution in [-0.4, -0.2) is 24.2 Å². The first-order chi connectivity index (χ1) is 8.26. The molecule has 2 rings (SSSR count). The minimum absolute atomic E-state index is 0.722. The molecule has 0 spiro atoms. The molecule has 0 aliphatic rings. The number of aromatic nitrogens is 2. The fourth-order valence-corrected chi connectivity index (χ4v) is 1.92. The monoisotopic (exact) mass is 294 g/mol. The minimum Gasteiger partial charge on any atom is -0.497 e. The summed E-state index contributed by atoms with van der Waals surface area (Å²) in [7, 11) is 3.24. The Labute approximate surface area is 108 Å². The molecule has 88 valence electrons. The van der Waals surface area contributed by atoms with Crippen LogP contribution in [0.25, 0.3) is 11.1 Å². The van der Waals surface area contributed by atoms with Crippen LogP contribution in [0, 0.1) is 0 Å². The Morgan fingerprint density at radius 3 is 2.59 bits per heavy atom. The van der Waals surface area contributed by atoms with Crippen LogP contribution in [0.4, 0.5) is 0 Å². The molecule has 1 heterocycles. The van der Waals surface area contributed by atoms with Crippen molar-refractivity contribution in [3.05, 3.63) is 35.3 Å². The average molecular weight is 295 g/mol. The van der Waals surface area contributed by atoms with Gasteiger partial charge in [0.2, 0.25) is 0 Å². The largest absolute Gasteiger partial charge is 0.497 e. The van der Waals surface area contributed by atoms with Gasteiger partial charge >= 0.3 is 0 Å². The third kappa shape index (κ3) is 2.39. The minimum atomic E-state index is 0.722. The second-order valence-corrected chi connectivity index (χ2v) is 4.04. The van der Waals surface area contributed by atoms with E-state index in [1.54, 1.807) is 20.4 Å². The first-order valence-electron chi connectivity index (χ1n) is 4.94. The van der Waals surface area contributed by atoms with Crippen molar-refractivity contribution < 1.29 is 9.47 Å². The van der Waals surface area contributed by atoms with Gasteiger partial charge in [0.1, 0.15) is 22.4 Å². The van der Waals surface area contributed by atoms with Crippen LogP contribution in [-0.2, 0) is 0 Å². The Hall–Kier alpha value is -1.62. The summed E-state index contributed by atoms with van der Waals surface area (Å²) in [6.07, 6.45) is 3.23. The van der Waals surface area contributed by atoms with Gasteiger partial charge in [-0.05, 0) is 28.1 Å². The van der Waals surface area contributed by atoms with Gasteiger partial charge in [-0.3, -0.25) is 0 Å². The van der Waals surface area contributed by atoms with E-state index in [4.69, 9.17) is 9.47 Å². The van der Waals surface area contributed by atoms with Gasteiger partial charge in [0.15, 0.2) is 0 Å². The SMILES string of the molecule is COc1ccc(-c2cncnc2Br)c(OC)c1. The predicted octanol–water partition coefficient (Wildman–Crippen LogP) is 2.92. The summed E-state index contributed by atoms with van der Waals surface area (Å²) < 4.78 is 11.2. The second kappa shape index (κ2) is 5.14. The molecule has 0 aliphatic carbocycles. The maximum atomic E-state index is 5.34. The molecular weight excluding hydrogens is 284 g/mol. The molecule has 0 saturated carbocycles. The molecule has 0 radical (unpaired) electrons. The predicted molar refractivity (Wildman–Crippen MR) is 68.3 cm³/mol. The van der Waals surface area contributed by atoms with Crippen LogP contribution >= 0.6 is 15.9 Å². The Balaban J connectivity index is 2.56. The highest BCUT2D eigenvalue weighted by Gasteiger charge is 2.11. The number of rotatable bonds is 3. The first-order valence-corrected chi connectivity index (χ1v) is 5.73. The molecule has 1 aromatic heterocycles. The maximum Gasteiger partial charge on any atom is 0.130 e. The highest BCUT2D eigenvalue weighted by atomic mass is 79.9. The highest BCUT2D eigenvalue weighted by molar-refractivity contribution is 9.10. The number of nitrogens with zero attached hydrogens (tertiary/aromatic N) is 2. The molecule has 0 aliphatic heterocycles. The Morgan fingerprint density at radius 2 is 1.94 bits per heavy atom. The molecule has 0 amide bonds. The van der Waals surface area contributed by atoms with Gasteiger partial charge in [0.05, 0.1) is 14.2 Å². The average Bonchev–Trinajstić information content (AvgIpc) is 2.38. The number of methoxy groups -OCH3 is 2. The lowest BCUT2D eigenvalue weighted by molar-refractivity contribution is 0.395. The zero-order valence-electron chi connectivity index (χ0n) is 9.48. The quantitative estimate of drug-likeness (QED) is 0.817. The molecule has 0 fully saturated rings. The molecule has 17 heavy (non-hydrogen) atoms. The molecule has 0 unspecified atom stereocenters. The summed E-state index contributed by atoms with van der Waals surface area (Å²) in [4.78, 5) is 8.10. The third-order valence-corrected chi connectivity index (χ3v) is 2.99. The van der Waals surface area contributed by atoms with Gasteiger partial charge in [0, 0.05) is 23.4 Å². The van der Waals surface area contributed by atoms with E-state index < -0.39 is 0 Å². The Kier molecular flexibility index (Phi) is 3.58. The summed E-state index contributed by atoms with van der Waals surface area (Å²) in [6, 6.07) is 5.62. The van der Waals surface area contributed by atoms with E-state index in [2.05, 4.69) is 25.9 Å². The molecule has 5 heteroatoms.